The number of carbonyl (C=O) groups is 1. The van der Waals surface area contributed by atoms with Gasteiger partial charge in [0.25, 0.3) is 5.91 Å². The lowest BCUT2D eigenvalue weighted by Gasteiger charge is -2.02. The molecule has 1 aromatic carbocycles. The molecule has 8 heteroatoms. The van der Waals surface area contributed by atoms with E-state index in [2.05, 4.69) is 15.6 Å². The molecule has 0 atom stereocenters. The maximum absolute atomic E-state index is 12.3. The van der Waals surface area contributed by atoms with Crippen molar-refractivity contribution in [3.63, 3.8) is 0 Å². The Morgan fingerprint density at radius 2 is 2.12 bits per heavy atom. The highest BCUT2D eigenvalue weighted by molar-refractivity contribution is 6.30. The third-order valence-corrected chi connectivity index (χ3v) is 3.87. The van der Waals surface area contributed by atoms with Gasteiger partial charge in [0.1, 0.15) is 0 Å². The van der Waals surface area contributed by atoms with Crippen LogP contribution in [0.25, 0.3) is 11.5 Å². The molecule has 130 valence electrons. The third-order valence-electron chi connectivity index (χ3n) is 3.63. The Kier molecular flexibility index (Phi) is 4.28. The molecule has 3 aromatic heterocycles. The van der Waals surface area contributed by atoms with Crippen molar-refractivity contribution in [3.8, 4) is 11.5 Å². The zero-order valence-corrected chi connectivity index (χ0v) is 14.2. The van der Waals surface area contributed by atoms with Crippen LogP contribution in [0.2, 0.25) is 5.02 Å². The van der Waals surface area contributed by atoms with Crippen molar-refractivity contribution in [1.29, 1.82) is 0 Å². The summed E-state index contributed by atoms with van der Waals surface area (Å²) in [6.07, 6.45) is 4.81. The van der Waals surface area contributed by atoms with Crippen LogP contribution in [0.5, 0.6) is 0 Å². The van der Waals surface area contributed by atoms with E-state index in [1.54, 1.807) is 29.2 Å². The SMILES string of the molecule is O=C(Nc1cnn(Cc2cccc(Cl)c2)c1)c1cc(-c2ccco2)on1. The summed E-state index contributed by atoms with van der Waals surface area (Å²) in [6, 6.07) is 12.5. The van der Waals surface area contributed by atoms with E-state index in [1.807, 2.05) is 24.3 Å². The summed E-state index contributed by atoms with van der Waals surface area (Å²) in [5.41, 5.74) is 1.72. The number of furan rings is 1. The Bertz CT molecular complexity index is 1040. The van der Waals surface area contributed by atoms with Crippen LogP contribution in [0.4, 0.5) is 5.69 Å². The van der Waals surface area contributed by atoms with E-state index in [0.29, 0.717) is 28.8 Å². The van der Waals surface area contributed by atoms with Gasteiger partial charge in [0.2, 0.25) is 5.76 Å². The van der Waals surface area contributed by atoms with Crippen molar-refractivity contribution in [2.75, 3.05) is 5.32 Å². The molecule has 0 saturated heterocycles. The average Bonchev–Trinajstić information content (AvgIpc) is 3.36. The minimum atomic E-state index is -0.395. The zero-order chi connectivity index (χ0) is 17.9. The van der Waals surface area contributed by atoms with Crippen molar-refractivity contribution >= 4 is 23.2 Å². The Hall–Kier alpha value is -3.32. The number of anilines is 1. The van der Waals surface area contributed by atoms with Gasteiger partial charge in [0.15, 0.2) is 11.5 Å². The highest BCUT2D eigenvalue weighted by Gasteiger charge is 2.16. The second kappa shape index (κ2) is 6.89. The molecule has 0 spiro atoms. The molecular weight excluding hydrogens is 356 g/mol. The van der Waals surface area contributed by atoms with Crippen LogP contribution >= 0.6 is 11.6 Å². The van der Waals surface area contributed by atoms with Gasteiger partial charge in [0, 0.05) is 17.3 Å². The van der Waals surface area contributed by atoms with Gasteiger partial charge in [-0.25, -0.2) is 0 Å². The van der Waals surface area contributed by atoms with Crippen LogP contribution in [0.1, 0.15) is 16.1 Å². The Morgan fingerprint density at radius 3 is 2.92 bits per heavy atom. The normalized spacial score (nSPS) is 10.8. The molecule has 1 amide bonds. The highest BCUT2D eigenvalue weighted by atomic mass is 35.5. The van der Waals surface area contributed by atoms with Crippen molar-refractivity contribution in [2.24, 2.45) is 0 Å². The molecule has 4 rings (SSSR count). The predicted molar refractivity (Wildman–Crippen MR) is 94.9 cm³/mol. The lowest BCUT2D eigenvalue weighted by molar-refractivity contribution is 0.101. The number of halogens is 1. The van der Waals surface area contributed by atoms with E-state index < -0.39 is 5.91 Å². The largest absolute Gasteiger partial charge is 0.461 e. The molecular formula is C18H13ClN4O3. The molecule has 4 aromatic rings. The number of benzene rings is 1. The summed E-state index contributed by atoms with van der Waals surface area (Å²) in [7, 11) is 0. The second-order valence-electron chi connectivity index (χ2n) is 5.56. The molecule has 3 heterocycles. The van der Waals surface area contributed by atoms with Gasteiger partial charge in [0.05, 0.1) is 24.7 Å². The zero-order valence-electron chi connectivity index (χ0n) is 13.4. The highest BCUT2D eigenvalue weighted by Crippen LogP contribution is 2.21. The Morgan fingerprint density at radius 1 is 1.19 bits per heavy atom. The molecule has 0 aliphatic rings. The number of carbonyl (C=O) groups excluding carboxylic acids is 1. The molecule has 0 radical (unpaired) electrons. The molecule has 0 fully saturated rings. The van der Waals surface area contributed by atoms with Gasteiger partial charge >= 0.3 is 0 Å². The fourth-order valence-corrected chi connectivity index (χ4v) is 2.66. The number of hydrogen-bond acceptors (Lipinski definition) is 5. The van der Waals surface area contributed by atoms with Gasteiger partial charge in [-0.2, -0.15) is 5.10 Å². The van der Waals surface area contributed by atoms with Crippen molar-refractivity contribution in [1.82, 2.24) is 14.9 Å². The standard InChI is InChI=1S/C18H13ClN4O3/c19-13-4-1-3-12(7-13)10-23-11-14(9-20-23)21-18(24)15-8-17(26-22-15)16-5-2-6-25-16/h1-9,11H,10H2,(H,21,24). The Balaban J connectivity index is 1.43. The summed E-state index contributed by atoms with van der Waals surface area (Å²) in [4.78, 5) is 12.3. The topological polar surface area (TPSA) is 86.1 Å². The van der Waals surface area contributed by atoms with Crippen LogP contribution in [0, 0.1) is 0 Å². The summed E-state index contributed by atoms with van der Waals surface area (Å²) in [5, 5.41) is 11.4. The van der Waals surface area contributed by atoms with Crippen LogP contribution in [-0.4, -0.2) is 20.8 Å². The number of nitrogens with zero attached hydrogens (tertiary/aromatic N) is 3. The first kappa shape index (κ1) is 16.2. The van der Waals surface area contributed by atoms with Crippen LogP contribution in [0.3, 0.4) is 0 Å². The minimum Gasteiger partial charge on any atom is -0.461 e. The molecule has 1 N–H and O–H groups in total. The third kappa shape index (κ3) is 3.52. The number of rotatable bonds is 5. The fraction of sp³-hybridized carbons (Fsp3) is 0.0556. The van der Waals surface area contributed by atoms with Crippen molar-refractivity contribution < 1.29 is 13.7 Å². The first-order valence-electron chi connectivity index (χ1n) is 7.76. The first-order valence-corrected chi connectivity index (χ1v) is 8.14. The molecule has 0 aliphatic heterocycles. The number of hydrogen-bond donors (Lipinski definition) is 1. The molecule has 0 saturated carbocycles. The average molecular weight is 369 g/mol. The van der Waals surface area contributed by atoms with Gasteiger partial charge in [-0.1, -0.05) is 28.9 Å². The molecule has 0 aliphatic carbocycles. The smallest absolute Gasteiger partial charge is 0.277 e. The van der Waals surface area contributed by atoms with Crippen molar-refractivity contribution in [2.45, 2.75) is 6.54 Å². The van der Waals surface area contributed by atoms with Crippen LogP contribution in [0.15, 0.2) is 70.1 Å². The second-order valence-corrected chi connectivity index (χ2v) is 6.00. The lowest BCUT2D eigenvalue weighted by atomic mass is 10.2. The van der Waals surface area contributed by atoms with E-state index in [1.165, 1.54) is 12.3 Å². The van der Waals surface area contributed by atoms with Crippen LogP contribution < -0.4 is 5.32 Å². The maximum Gasteiger partial charge on any atom is 0.277 e. The maximum atomic E-state index is 12.3. The fourth-order valence-electron chi connectivity index (χ4n) is 2.45. The van der Waals surface area contributed by atoms with E-state index >= 15 is 0 Å². The summed E-state index contributed by atoms with van der Waals surface area (Å²) < 4.78 is 12.0. The molecule has 26 heavy (non-hydrogen) atoms. The Labute approximate surface area is 153 Å². The van der Waals surface area contributed by atoms with Crippen molar-refractivity contribution in [3.05, 3.63) is 77.4 Å². The van der Waals surface area contributed by atoms with Gasteiger partial charge < -0.3 is 14.3 Å². The number of aromatic nitrogens is 3. The summed E-state index contributed by atoms with van der Waals surface area (Å²) >= 11 is 5.98. The first-order chi connectivity index (χ1) is 12.7. The summed E-state index contributed by atoms with van der Waals surface area (Å²) in [5.74, 6) is 0.497. The van der Waals surface area contributed by atoms with E-state index in [-0.39, 0.29) is 5.69 Å². The monoisotopic (exact) mass is 368 g/mol. The number of nitrogens with one attached hydrogen (secondary N) is 1. The van der Waals surface area contributed by atoms with Gasteiger partial charge in [-0.05, 0) is 29.8 Å². The van der Waals surface area contributed by atoms with E-state index in [0.717, 1.165) is 5.56 Å². The molecule has 7 nitrogen and oxygen atoms in total. The van der Waals surface area contributed by atoms with Gasteiger partial charge in [-0.15, -0.1) is 0 Å². The van der Waals surface area contributed by atoms with E-state index in [4.69, 9.17) is 20.5 Å². The van der Waals surface area contributed by atoms with E-state index in [9.17, 15) is 4.79 Å². The van der Waals surface area contributed by atoms with Gasteiger partial charge in [-0.3, -0.25) is 9.48 Å². The number of amides is 1. The summed E-state index contributed by atoms with van der Waals surface area (Å²) in [6.45, 7) is 0.545. The lowest BCUT2D eigenvalue weighted by Crippen LogP contribution is -2.11. The quantitative estimate of drug-likeness (QED) is 0.573. The molecule has 0 bridgehead atoms. The van der Waals surface area contributed by atoms with Crippen LogP contribution in [-0.2, 0) is 6.54 Å². The predicted octanol–water partition coefficient (Wildman–Crippen LogP) is 4.09. The minimum absolute atomic E-state index is 0.152. The molecule has 0 unspecified atom stereocenters.